The predicted octanol–water partition coefficient (Wildman–Crippen LogP) is 5.73. The van der Waals surface area contributed by atoms with Crippen LogP contribution in [0.15, 0.2) is 48.5 Å². The van der Waals surface area contributed by atoms with E-state index in [4.69, 9.17) is 21.3 Å². The number of anilines is 2. The first kappa shape index (κ1) is 24.6. The Bertz CT molecular complexity index is 1520. The van der Waals surface area contributed by atoms with Crippen LogP contribution in [0.4, 0.5) is 20.3 Å². The number of phenolic OH excluding ortho intramolecular Hbond substituents is 1. The first-order chi connectivity index (χ1) is 18.3. The number of benzene rings is 3. The molecular weight excluding hydrogens is 512 g/mol. The number of aromatic nitrogens is 2. The van der Waals surface area contributed by atoms with Crippen LogP contribution in [0.2, 0.25) is 5.02 Å². The summed E-state index contributed by atoms with van der Waals surface area (Å²) in [5.74, 6) is -1.09. The van der Waals surface area contributed by atoms with Crippen LogP contribution in [0.3, 0.4) is 0 Å². The summed E-state index contributed by atoms with van der Waals surface area (Å²) in [5, 5.41) is 14.3. The molecule has 2 N–H and O–H groups in total. The Balaban J connectivity index is 1.54. The minimum Gasteiger partial charge on any atom is -0.507 e. The highest BCUT2D eigenvalue weighted by molar-refractivity contribution is 6.34. The summed E-state index contributed by atoms with van der Waals surface area (Å²) >= 11 is 6.54. The van der Waals surface area contributed by atoms with E-state index in [1.165, 1.54) is 18.2 Å². The summed E-state index contributed by atoms with van der Waals surface area (Å²) in [6, 6.07) is 13.3. The highest BCUT2D eigenvalue weighted by atomic mass is 35.5. The third-order valence-corrected chi connectivity index (χ3v) is 7.44. The van der Waals surface area contributed by atoms with Crippen molar-refractivity contribution in [3.05, 3.63) is 65.2 Å². The van der Waals surface area contributed by atoms with E-state index in [9.17, 15) is 9.50 Å². The maximum atomic E-state index is 16.2. The summed E-state index contributed by atoms with van der Waals surface area (Å²) in [7, 11) is 3.84. The van der Waals surface area contributed by atoms with E-state index in [-0.39, 0.29) is 27.7 Å². The number of ether oxygens (including phenoxy) is 1. The van der Waals surface area contributed by atoms with E-state index >= 15 is 4.39 Å². The number of hydrogen-bond acceptors (Lipinski definition) is 7. The quantitative estimate of drug-likeness (QED) is 0.336. The Labute approximate surface area is 223 Å². The van der Waals surface area contributed by atoms with Gasteiger partial charge in [0.25, 0.3) is 0 Å². The molecule has 3 aromatic carbocycles. The zero-order chi connectivity index (χ0) is 26.6. The number of phenols is 1. The second-order valence-corrected chi connectivity index (χ2v) is 10.4. The Kier molecular flexibility index (Phi) is 6.20. The molecular formula is C28H26ClF2N5O2. The van der Waals surface area contributed by atoms with Crippen LogP contribution >= 0.6 is 11.6 Å². The van der Waals surface area contributed by atoms with Gasteiger partial charge in [-0.3, -0.25) is 0 Å². The maximum absolute atomic E-state index is 16.2. The molecule has 38 heavy (non-hydrogen) atoms. The second-order valence-electron chi connectivity index (χ2n) is 9.94. The van der Waals surface area contributed by atoms with E-state index < -0.39 is 17.4 Å². The predicted molar refractivity (Wildman–Crippen MR) is 145 cm³/mol. The second kappa shape index (κ2) is 9.56. The van der Waals surface area contributed by atoms with Crippen LogP contribution in [0.5, 0.6) is 17.5 Å². The van der Waals surface area contributed by atoms with Gasteiger partial charge in [-0.25, -0.2) is 8.78 Å². The first-order valence-electron chi connectivity index (χ1n) is 12.4. The zero-order valence-electron chi connectivity index (χ0n) is 20.9. The molecule has 2 fully saturated rings. The van der Waals surface area contributed by atoms with Gasteiger partial charge in [0.05, 0.1) is 10.6 Å². The third-order valence-electron chi connectivity index (χ3n) is 7.14. The number of nitrogens with one attached hydrogen (secondary N) is 1. The van der Waals surface area contributed by atoms with Crippen molar-refractivity contribution in [3.8, 4) is 28.6 Å². The molecule has 2 atom stereocenters. The molecule has 0 spiro atoms. The number of halogens is 3. The summed E-state index contributed by atoms with van der Waals surface area (Å²) in [6.07, 6.45) is 2.10. The monoisotopic (exact) mass is 537 g/mol. The molecule has 2 bridgehead atoms. The van der Waals surface area contributed by atoms with E-state index in [1.54, 1.807) is 6.07 Å². The fraction of sp³-hybridized carbons (Fsp3) is 0.286. The molecule has 4 aromatic rings. The number of piperazine rings is 1. The fourth-order valence-corrected chi connectivity index (χ4v) is 5.62. The van der Waals surface area contributed by atoms with Crippen LogP contribution in [0, 0.1) is 11.6 Å². The average Bonchev–Trinajstić information content (AvgIpc) is 3.23. The van der Waals surface area contributed by atoms with Crippen molar-refractivity contribution in [2.45, 2.75) is 24.9 Å². The Hall–Kier alpha value is -3.69. The van der Waals surface area contributed by atoms with Gasteiger partial charge in [-0.05, 0) is 43.2 Å². The lowest BCUT2D eigenvalue weighted by molar-refractivity contribution is 0.437. The molecule has 6 rings (SSSR count). The van der Waals surface area contributed by atoms with E-state index in [0.29, 0.717) is 42.1 Å². The summed E-state index contributed by atoms with van der Waals surface area (Å²) in [6.45, 7) is 1.38. The Morgan fingerprint density at radius 1 is 1.03 bits per heavy atom. The molecule has 196 valence electrons. The third kappa shape index (κ3) is 4.35. The molecule has 2 aliphatic heterocycles. The van der Waals surface area contributed by atoms with E-state index in [0.717, 1.165) is 24.6 Å². The van der Waals surface area contributed by atoms with Crippen LogP contribution in [0.25, 0.3) is 22.0 Å². The minimum absolute atomic E-state index is 0.0424. The lowest BCUT2D eigenvalue weighted by Crippen LogP contribution is -2.51. The fourth-order valence-electron chi connectivity index (χ4n) is 5.34. The lowest BCUT2D eigenvalue weighted by Gasteiger charge is -2.34. The Morgan fingerprint density at radius 2 is 1.76 bits per heavy atom. The van der Waals surface area contributed by atoms with Gasteiger partial charge in [0.15, 0.2) is 5.82 Å². The molecule has 0 amide bonds. The number of aromatic hydroxyl groups is 1. The molecule has 3 heterocycles. The molecule has 7 nitrogen and oxygen atoms in total. The van der Waals surface area contributed by atoms with Gasteiger partial charge in [-0.2, -0.15) is 9.97 Å². The van der Waals surface area contributed by atoms with Gasteiger partial charge < -0.3 is 25.0 Å². The van der Waals surface area contributed by atoms with Crippen LogP contribution in [-0.2, 0) is 0 Å². The number of nitrogens with zero attached hydrogens (tertiary/aromatic N) is 4. The molecule has 1 aromatic heterocycles. The van der Waals surface area contributed by atoms with Crippen molar-refractivity contribution in [1.29, 1.82) is 0 Å². The Morgan fingerprint density at radius 3 is 2.47 bits per heavy atom. The van der Waals surface area contributed by atoms with Gasteiger partial charge in [-0.1, -0.05) is 23.7 Å². The van der Waals surface area contributed by atoms with Crippen molar-refractivity contribution >= 4 is 34.0 Å². The summed E-state index contributed by atoms with van der Waals surface area (Å²) in [4.78, 5) is 13.2. The minimum atomic E-state index is -0.860. The average molecular weight is 538 g/mol. The van der Waals surface area contributed by atoms with Crippen molar-refractivity contribution in [2.75, 3.05) is 37.0 Å². The smallest absolute Gasteiger partial charge is 0.324 e. The van der Waals surface area contributed by atoms with Gasteiger partial charge >= 0.3 is 6.01 Å². The van der Waals surface area contributed by atoms with Crippen LogP contribution in [0.1, 0.15) is 12.8 Å². The van der Waals surface area contributed by atoms with E-state index in [1.807, 2.05) is 37.2 Å². The zero-order valence-corrected chi connectivity index (χ0v) is 21.6. The highest BCUT2D eigenvalue weighted by Crippen LogP contribution is 2.43. The summed E-state index contributed by atoms with van der Waals surface area (Å²) in [5.41, 5.74) is 0.262. The highest BCUT2D eigenvalue weighted by Gasteiger charge is 2.34. The number of hydrogen-bond donors (Lipinski definition) is 2. The molecule has 10 heteroatoms. The van der Waals surface area contributed by atoms with E-state index in [2.05, 4.69) is 15.2 Å². The van der Waals surface area contributed by atoms with Crippen molar-refractivity contribution < 1.29 is 18.6 Å². The number of fused-ring (bicyclic) bond motifs is 3. The number of rotatable bonds is 5. The molecule has 0 radical (unpaired) electrons. The van der Waals surface area contributed by atoms with Crippen molar-refractivity contribution in [1.82, 2.24) is 15.3 Å². The largest absolute Gasteiger partial charge is 0.507 e. The maximum Gasteiger partial charge on any atom is 0.324 e. The van der Waals surface area contributed by atoms with Gasteiger partial charge in [-0.15, -0.1) is 0 Å². The molecule has 2 saturated heterocycles. The summed E-state index contributed by atoms with van der Waals surface area (Å²) < 4.78 is 37.0. The topological polar surface area (TPSA) is 73.8 Å². The van der Waals surface area contributed by atoms with Crippen molar-refractivity contribution in [2.24, 2.45) is 0 Å². The van der Waals surface area contributed by atoms with Crippen LogP contribution in [-0.4, -0.2) is 54.3 Å². The van der Waals surface area contributed by atoms with Gasteiger partial charge in [0.2, 0.25) is 0 Å². The molecule has 2 aliphatic rings. The first-order valence-corrected chi connectivity index (χ1v) is 12.8. The van der Waals surface area contributed by atoms with Gasteiger partial charge in [0.1, 0.15) is 28.7 Å². The molecule has 0 unspecified atom stereocenters. The molecule has 0 saturated carbocycles. The lowest BCUT2D eigenvalue weighted by atomic mass is 10.0. The van der Waals surface area contributed by atoms with Crippen LogP contribution < -0.4 is 19.9 Å². The standard InChI is InChI=1S/C28H26ClF2N5O2/c1-35(2)17-5-3-6-18(11-17)38-28-33-26-19(27(34-28)36-13-15-9-10-16(14-36)32-15)12-20(29)23(25(26)31)24-21(30)7-4-8-22(24)37/h3-8,11-12,15-16,32,37H,9-10,13-14H2,1-2H3/t15-,16+. The van der Waals surface area contributed by atoms with Crippen molar-refractivity contribution in [3.63, 3.8) is 0 Å². The van der Waals surface area contributed by atoms with Gasteiger partial charge in [0, 0.05) is 62.0 Å². The molecule has 0 aliphatic carbocycles. The normalized spacial score (nSPS) is 18.7. The SMILES string of the molecule is CN(C)c1cccc(Oc2nc(N3C[C@H]4CC[C@@H](C3)N4)c3cc(Cl)c(-c4c(O)cccc4F)c(F)c3n2)c1.